The second kappa shape index (κ2) is 10.6. The molecule has 1 aromatic carbocycles. The number of nitrogens with one attached hydrogen (secondary N) is 1. The lowest BCUT2D eigenvalue weighted by Gasteiger charge is -2.21. The molecule has 0 radical (unpaired) electrons. The highest BCUT2D eigenvalue weighted by Gasteiger charge is 2.18. The normalized spacial score (nSPS) is 12.2. The van der Waals surface area contributed by atoms with Crippen LogP contribution in [0.4, 0.5) is 11.5 Å². The van der Waals surface area contributed by atoms with Gasteiger partial charge >= 0.3 is 0 Å². The van der Waals surface area contributed by atoms with Crippen molar-refractivity contribution in [3.8, 4) is 0 Å². The average Bonchev–Trinajstić information content (AvgIpc) is 2.64. The van der Waals surface area contributed by atoms with Gasteiger partial charge in [0.25, 0.3) is 5.56 Å². The van der Waals surface area contributed by atoms with E-state index in [2.05, 4.69) is 10.3 Å². The Morgan fingerprint density at radius 2 is 1.93 bits per heavy atom. The van der Waals surface area contributed by atoms with Crippen LogP contribution in [0.5, 0.6) is 0 Å². The third kappa shape index (κ3) is 5.54. The Morgan fingerprint density at radius 1 is 1.18 bits per heavy atom. The number of methoxy groups -OCH3 is 3. The second-order valence-electron chi connectivity index (χ2n) is 6.69. The van der Waals surface area contributed by atoms with Gasteiger partial charge in [-0.05, 0) is 25.8 Å². The van der Waals surface area contributed by atoms with Gasteiger partial charge in [-0.1, -0.05) is 29.3 Å². The highest BCUT2D eigenvalue weighted by Crippen LogP contribution is 2.26. The van der Waals surface area contributed by atoms with E-state index in [9.17, 15) is 4.79 Å². The van der Waals surface area contributed by atoms with E-state index in [1.54, 1.807) is 25.9 Å². The van der Waals surface area contributed by atoms with E-state index in [4.69, 9.17) is 25.8 Å². The fourth-order valence-electron chi connectivity index (χ4n) is 3.20. The summed E-state index contributed by atoms with van der Waals surface area (Å²) in [6.07, 6.45) is 2.15. The van der Waals surface area contributed by atoms with Crippen molar-refractivity contribution in [1.29, 1.82) is 0 Å². The number of nitrogens with zero attached hydrogens (tertiary/aromatic N) is 2. The zero-order valence-corrected chi connectivity index (χ0v) is 17.8. The molecule has 1 N–H and O–H groups in total. The predicted octanol–water partition coefficient (Wildman–Crippen LogP) is 3.63. The van der Waals surface area contributed by atoms with E-state index in [-0.39, 0.29) is 22.6 Å². The lowest BCUT2D eigenvalue weighted by Crippen LogP contribution is -2.30. The van der Waals surface area contributed by atoms with E-state index in [0.29, 0.717) is 26.2 Å². The molecule has 0 amide bonds. The number of halogens is 1. The Kier molecular flexibility index (Phi) is 8.44. The fraction of sp³-hybridized carbons (Fsp3) is 0.500. The number of rotatable bonds is 10. The van der Waals surface area contributed by atoms with E-state index >= 15 is 0 Å². The highest BCUT2D eigenvalue weighted by molar-refractivity contribution is 6.29. The van der Waals surface area contributed by atoms with E-state index in [0.717, 1.165) is 22.4 Å². The number of aryl methyl sites for hydroxylation is 2. The highest BCUT2D eigenvalue weighted by atomic mass is 35.5. The quantitative estimate of drug-likeness (QED) is 0.645. The standard InChI is InChI=1S/C20H28ClN3O4/c1-13-8-14(2)18(15(9-13)11-27-4)23-19-20(25)24(10-17(21)22-19)16(12-28-5)6-7-26-3/h8-10,16H,6-7,11-12H2,1-5H3,(H,22,23). The van der Waals surface area contributed by atoms with Gasteiger partial charge in [0.15, 0.2) is 5.82 Å². The van der Waals surface area contributed by atoms with E-state index in [1.807, 2.05) is 26.0 Å². The van der Waals surface area contributed by atoms with Crippen LogP contribution in [0.1, 0.15) is 29.2 Å². The van der Waals surface area contributed by atoms with Gasteiger partial charge in [-0.15, -0.1) is 0 Å². The molecule has 2 aromatic rings. The van der Waals surface area contributed by atoms with Gasteiger partial charge in [0.2, 0.25) is 0 Å². The molecule has 0 spiro atoms. The molecule has 0 aliphatic rings. The molecule has 0 saturated carbocycles. The summed E-state index contributed by atoms with van der Waals surface area (Å²) in [5.74, 6) is 0.162. The second-order valence-corrected chi connectivity index (χ2v) is 7.08. The summed E-state index contributed by atoms with van der Waals surface area (Å²) < 4.78 is 17.3. The Bertz CT molecular complexity index is 854. The molecule has 0 bridgehead atoms. The van der Waals surface area contributed by atoms with Crippen molar-refractivity contribution < 1.29 is 14.2 Å². The zero-order valence-electron chi connectivity index (χ0n) is 17.0. The van der Waals surface area contributed by atoms with Gasteiger partial charge < -0.3 is 24.1 Å². The molecule has 0 aliphatic carbocycles. The number of hydrogen-bond donors (Lipinski definition) is 1. The Balaban J connectivity index is 2.48. The van der Waals surface area contributed by atoms with E-state index < -0.39 is 0 Å². The minimum atomic E-state index is -0.272. The minimum absolute atomic E-state index is 0.162. The van der Waals surface area contributed by atoms with Gasteiger partial charge in [-0.25, -0.2) is 4.98 Å². The molecule has 7 nitrogen and oxygen atoms in total. The molecule has 1 heterocycles. The third-order valence-electron chi connectivity index (χ3n) is 4.41. The monoisotopic (exact) mass is 409 g/mol. The van der Waals surface area contributed by atoms with Crippen molar-refractivity contribution in [3.05, 3.63) is 50.5 Å². The fourth-order valence-corrected chi connectivity index (χ4v) is 3.39. The Hall–Kier alpha value is -1.93. The zero-order chi connectivity index (χ0) is 20.7. The maximum Gasteiger partial charge on any atom is 0.294 e. The molecule has 0 saturated heterocycles. The number of hydrogen-bond acceptors (Lipinski definition) is 6. The van der Waals surface area contributed by atoms with Crippen molar-refractivity contribution in [3.63, 3.8) is 0 Å². The molecule has 0 aliphatic heterocycles. The minimum Gasteiger partial charge on any atom is -0.385 e. The van der Waals surface area contributed by atoms with Crippen molar-refractivity contribution in [2.45, 2.75) is 32.9 Å². The molecule has 1 unspecified atom stereocenters. The maximum atomic E-state index is 13.1. The van der Waals surface area contributed by atoms with Crippen molar-refractivity contribution in [2.24, 2.45) is 0 Å². The number of ether oxygens (including phenoxy) is 3. The molecule has 1 atom stereocenters. The predicted molar refractivity (Wildman–Crippen MR) is 111 cm³/mol. The summed E-state index contributed by atoms with van der Waals surface area (Å²) in [4.78, 5) is 17.3. The number of aromatic nitrogens is 2. The summed E-state index contributed by atoms with van der Waals surface area (Å²) in [6.45, 7) is 5.27. The summed E-state index contributed by atoms with van der Waals surface area (Å²) >= 11 is 6.22. The largest absolute Gasteiger partial charge is 0.385 e. The van der Waals surface area contributed by atoms with Crippen LogP contribution in [0.3, 0.4) is 0 Å². The first-order valence-corrected chi connectivity index (χ1v) is 9.41. The molecule has 2 rings (SSSR count). The third-order valence-corrected chi connectivity index (χ3v) is 4.60. The molecule has 0 fully saturated rings. The smallest absolute Gasteiger partial charge is 0.294 e. The van der Waals surface area contributed by atoms with Crippen LogP contribution in [0, 0.1) is 13.8 Å². The van der Waals surface area contributed by atoms with E-state index in [1.165, 1.54) is 6.20 Å². The molecular formula is C20H28ClN3O4. The first kappa shape index (κ1) is 22.4. The summed E-state index contributed by atoms with van der Waals surface area (Å²) in [6, 6.07) is 3.85. The van der Waals surface area contributed by atoms with Crippen LogP contribution in [0.2, 0.25) is 5.15 Å². The van der Waals surface area contributed by atoms with Crippen LogP contribution in [-0.4, -0.2) is 44.1 Å². The number of anilines is 2. The molecule has 8 heteroatoms. The molecular weight excluding hydrogens is 382 g/mol. The Labute approximate surface area is 170 Å². The SMILES string of the molecule is COCCC(COC)n1cc(Cl)nc(Nc2c(C)cc(C)cc2COC)c1=O. The molecule has 28 heavy (non-hydrogen) atoms. The summed E-state index contributed by atoms with van der Waals surface area (Å²) in [5.41, 5.74) is 3.58. The first-order valence-electron chi connectivity index (χ1n) is 9.03. The van der Waals surface area contributed by atoms with Gasteiger partial charge in [-0.2, -0.15) is 0 Å². The number of benzene rings is 1. The maximum absolute atomic E-state index is 13.1. The summed E-state index contributed by atoms with van der Waals surface area (Å²) in [5, 5.41) is 3.40. The lowest BCUT2D eigenvalue weighted by molar-refractivity contribution is 0.119. The van der Waals surface area contributed by atoms with Gasteiger partial charge in [0.1, 0.15) is 5.15 Å². The molecule has 1 aromatic heterocycles. The average molecular weight is 410 g/mol. The van der Waals surface area contributed by atoms with Crippen LogP contribution < -0.4 is 10.9 Å². The van der Waals surface area contributed by atoms with Crippen molar-refractivity contribution in [2.75, 3.05) is 39.9 Å². The first-order chi connectivity index (χ1) is 13.4. The van der Waals surface area contributed by atoms with Crippen LogP contribution >= 0.6 is 11.6 Å². The van der Waals surface area contributed by atoms with Gasteiger partial charge in [0, 0.05) is 45.4 Å². The van der Waals surface area contributed by atoms with Gasteiger partial charge in [-0.3, -0.25) is 4.79 Å². The topological polar surface area (TPSA) is 74.6 Å². The molecule has 154 valence electrons. The van der Waals surface area contributed by atoms with Gasteiger partial charge in [0.05, 0.1) is 19.3 Å². The summed E-state index contributed by atoms with van der Waals surface area (Å²) in [7, 11) is 4.85. The van der Waals surface area contributed by atoms with Crippen LogP contribution in [-0.2, 0) is 20.8 Å². The van der Waals surface area contributed by atoms with Crippen LogP contribution in [0.15, 0.2) is 23.1 Å². The Morgan fingerprint density at radius 3 is 2.57 bits per heavy atom. The van der Waals surface area contributed by atoms with Crippen molar-refractivity contribution in [1.82, 2.24) is 9.55 Å². The lowest BCUT2D eigenvalue weighted by atomic mass is 10.0. The van der Waals surface area contributed by atoms with Crippen LogP contribution in [0.25, 0.3) is 0 Å². The van der Waals surface area contributed by atoms with Crippen molar-refractivity contribution >= 4 is 23.1 Å².